The van der Waals surface area contributed by atoms with Crippen LogP contribution in [-0.2, 0) is 16.1 Å². The van der Waals surface area contributed by atoms with Crippen LogP contribution in [0.2, 0.25) is 0 Å². The minimum absolute atomic E-state index is 0.140. The molecule has 0 bridgehead atoms. The van der Waals surface area contributed by atoms with Crippen molar-refractivity contribution in [3.05, 3.63) is 71.8 Å². The number of ether oxygens (including phenoxy) is 4. The predicted molar refractivity (Wildman–Crippen MR) is 99.0 cm³/mol. The van der Waals surface area contributed by atoms with Crippen molar-refractivity contribution in [2.45, 2.75) is 26.6 Å². The van der Waals surface area contributed by atoms with Gasteiger partial charge < -0.3 is 18.9 Å². The molecule has 2 aromatic rings. The molecular formula is C21H26O4. The molecule has 0 heterocycles. The Labute approximate surface area is 150 Å². The van der Waals surface area contributed by atoms with Gasteiger partial charge in [-0.1, -0.05) is 36.4 Å². The first-order valence-corrected chi connectivity index (χ1v) is 8.36. The molecule has 2 aromatic carbocycles. The van der Waals surface area contributed by atoms with Crippen LogP contribution in [0.15, 0.2) is 60.7 Å². The number of hydrogen-bond donors (Lipinski definition) is 0. The molecular weight excluding hydrogens is 316 g/mol. The summed E-state index contributed by atoms with van der Waals surface area (Å²) in [6.45, 7) is 5.24. The van der Waals surface area contributed by atoms with Crippen LogP contribution in [0.1, 0.15) is 18.1 Å². The summed E-state index contributed by atoms with van der Waals surface area (Å²) < 4.78 is 22.3. The van der Waals surface area contributed by atoms with E-state index in [0.717, 1.165) is 22.6 Å². The van der Waals surface area contributed by atoms with Gasteiger partial charge in [-0.05, 0) is 49.2 Å². The molecule has 0 saturated carbocycles. The van der Waals surface area contributed by atoms with E-state index in [9.17, 15) is 0 Å². The van der Waals surface area contributed by atoms with Crippen molar-refractivity contribution in [3.63, 3.8) is 0 Å². The van der Waals surface area contributed by atoms with Crippen LogP contribution in [0.4, 0.5) is 0 Å². The smallest absolute Gasteiger partial charge is 0.188 e. The highest BCUT2D eigenvalue weighted by molar-refractivity contribution is 5.39. The summed E-state index contributed by atoms with van der Waals surface area (Å²) in [6.07, 6.45) is 3.83. The first kappa shape index (κ1) is 19.0. The summed E-state index contributed by atoms with van der Waals surface area (Å²) in [6, 6.07) is 15.9. The van der Waals surface area contributed by atoms with Gasteiger partial charge in [-0.25, -0.2) is 0 Å². The van der Waals surface area contributed by atoms with E-state index in [2.05, 4.69) is 0 Å². The summed E-state index contributed by atoms with van der Waals surface area (Å²) in [5.41, 5.74) is 2.15. The normalized spacial score (nSPS) is 12.3. The van der Waals surface area contributed by atoms with E-state index in [4.69, 9.17) is 18.9 Å². The fourth-order valence-electron chi connectivity index (χ4n) is 2.37. The van der Waals surface area contributed by atoms with Crippen molar-refractivity contribution < 1.29 is 18.9 Å². The van der Waals surface area contributed by atoms with Gasteiger partial charge in [0.1, 0.15) is 17.6 Å². The molecule has 25 heavy (non-hydrogen) atoms. The lowest BCUT2D eigenvalue weighted by Crippen LogP contribution is -2.20. The number of hydrogen-bond acceptors (Lipinski definition) is 4. The molecule has 0 saturated heterocycles. The van der Waals surface area contributed by atoms with Crippen molar-refractivity contribution in [1.82, 2.24) is 0 Å². The van der Waals surface area contributed by atoms with Crippen LogP contribution in [0.5, 0.6) is 11.5 Å². The Bertz CT molecular complexity index is 652. The topological polar surface area (TPSA) is 36.9 Å². The maximum atomic E-state index is 6.03. The van der Waals surface area contributed by atoms with Gasteiger partial charge in [0, 0.05) is 7.11 Å². The molecule has 4 heteroatoms. The van der Waals surface area contributed by atoms with Crippen molar-refractivity contribution in [2.75, 3.05) is 20.5 Å². The van der Waals surface area contributed by atoms with E-state index >= 15 is 0 Å². The Morgan fingerprint density at radius 1 is 1.08 bits per heavy atom. The van der Waals surface area contributed by atoms with Gasteiger partial charge >= 0.3 is 0 Å². The summed E-state index contributed by atoms with van der Waals surface area (Å²) in [5, 5.41) is 0. The Balaban J connectivity index is 1.90. The van der Waals surface area contributed by atoms with Crippen molar-refractivity contribution >= 4 is 0 Å². The van der Waals surface area contributed by atoms with Gasteiger partial charge in [0.25, 0.3) is 0 Å². The number of benzene rings is 2. The molecule has 0 aliphatic carbocycles. The lowest BCUT2D eigenvalue weighted by Gasteiger charge is -2.17. The second kappa shape index (κ2) is 10.5. The number of methoxy groups -OCH3 is 1. The largest absolute Gasteiger partial charge is 0.484 e. The molecule has 134 valence electrons. The minimum atomic E-state index is -0.140. The summed E-state index contributed by atoms with van der Waals surface area (Å²) in [7, 11) is 1.60. The van der Waals surface area contributed by atoms with E-state index in [0.29, 0.717) is 13.2 Å². The molecule has 2 rings (SSSR count). The Kier molecular flexibility index (Phi) is 8.02. The minimum Gasteiger partial charge on any atom is -0.484 e. The monoisotopic (exact) mass is 342 g/mol. The second-order valence-electron chi connectivity index (χ2n) is 5.66. The molecule has 0 fully saturated rings. The van der Waals surface area contributed by atoms with Crippen LogP contribution in [0, 0.1) is 6.92 Å². The first-order chi connectivity index (χ1) is 12.2. The zero-order valence-electron chi connectivity index (χ0n) is 15.1. The molecule has 0 spiro atoms. The summed E-state index contributed by atoms with van der Waals surface area (Å²) in [5.74, 6) is 1.57. The van der Waals surface area contributed by atoms with Gasteiger partial charge in [-0.15, -0.1) is 0 Å². The number of aryl methyl sites for hydroxylation is 1. The standard InChI is InChI=1S/C21H26O4/c1-4-8-20(15-23-14-18-9-6-5-7-10-18)25-19-11-12-21(17(2)13-19)24-16-22-3/h4-13,20H,14-16H2,1-3H3/b8-4+/t20-/m1/s1. The maximum Gasteiger partial charge on any atom is 0.188 e. The van der Waals surface area contributed by atoms with Crippen molar-refractivity contribution in [1.29, 1.82) is 0 Å². The van der Waals surface area contributed by atoms with Gasteiger partial charge in [0.05, 0.1) is 13.2 Å². The van der Waals surface area contributed by atoms with Crippen LogP contribution in [0.3, 0.4) is 0 Å². The van der Waals surface area contributed by atoms with Gasteiger partial charge in [-0.3, -0.25) is 0 Å². The number of rotatable bonds is 10. The average Bonchev–Trinajstić information content (AvgIpc) is 2.62. The molecule has 0 aliphatic rings. The highest BCUT2D eigenvalue weighted by Crippen LogP contribution is 2.24. The van der Waals surface area contributed by atoms with E-state index in [-0.39, 0.29) is 12.9 Å². The lowest BCUT2D eigenvalue weighted by molar-refractivity contribution is 0.0502. The van der Waals surface area contributed by atoms with E-state index in [1.54, 1.807) is 7.11 Å². The lowest BCUT2D eigenvalue weighted by atomic mass is 10.2. The quantitative estimate of drug-likeness (QED) is 0.470. The Morgan fingerprint density at radius 3 is 2.56 bits per heavy atom. The summed E-state index contributed by atoms with van der Waals surface area (Å²) >= 11 is 0. The SMILES string of the molecule is C/C=C/[C@H](COCc1ccccc1)Oc1ccc(OCOC)c(C)c1. The molecule has 1 atom stereocenters. The molecule has 0 aromatic heterocycles. The molecule has 0 aliphatic heterocycles. The van der Waals surface area contributed by atoms with Crippen LogP contribution >= 0.6 is 0 Å². The maximum absolute atomic E-state index is 6.03. The third-order valence-corrected chi connectivity index (χ3v) is 3.57. The molecule has 0 N–H and O–H groups in total. The Morgan fingerprint density at radius 2 is 1.88 bits per heavy atom. The van der Waals surface area contributed by atoms with E-state index in [1.165, 1.54) is 0 Å². The zero-order chi connectivity index (χ0) is 17.9. The fraction of sp³-hybridized carbons (Fsp3) is 0.333. The predicted octanol–water partition coefficient (Wildman–Crippen LogP) is 4.52. The highest BCUT2D eigenvalue weighted by atomic mass is 16.7. The Hall–Kier alpha value is -2.30. The van der Waals surface area contributed by atoms with Gasteiger partial charge in [-0.2, -0.15) is 0 Å². The van der Waals surface area contributed by atoms with Gasteiger partial charge in [0.2, 0.25) is 0 Å². The molecule has 0 radical (unpaired) electrons. The summed E-state index contributed by atoms with van der Waals surface area (Å²) in [4.78, 5) is 0. The number of allylic oxidation sites excluding steroid dienone is 1. The second-order valence-corrected chi connectivity index (χ2v) is 5.66. The molecule has 0 unspecified atom stereocenters. The average molecular weight is 342 g/mol. The van der Waals surface area contributed by atoms with E-state index < -0.39 is 0 Å². The third kappa shape index (κ3) is 6.61. The van der Waals surface area contributed by atoms with Crippen LogP contribution in [0.25, 0.3) is 0 Å². The molecule has 0 amide bonds. The fourth-order valence-corrected chi connectivity index (χ4v) is 2.37. The zero-order valence-corrected chi connectivity index (χ0v) is 15.1. The third-order valence-electron chi connectivity index (χ3n) is 3.57. The highest BCUT2D eigenvalue weighted by Gasteiger charge is 2.09. The van der Waals surface area contributed by atoms with Crippen LogP contribution in [-0.4, -0.2) is 26.6 Å². The molecule has 4 nitrogen and oxygen atoms in total. The van der Waals surface area contributed by atoms with E-state index in [1.807, 2.05) is 74.5 Å². The first-order valence-electron chi connectivity index (χ1n) is 8.36. The van der Waals surface area contributed by atoms with Crippen molar-refractivity contribution in [2.24, 2.45) is 0 Å². The van der Waals surface area contributed by atoms with Gasteiger partial charge in [0.15, 0.2) is 6.79 Å². The van der Waals surface area contributed by atoms with Crippen molar-refractivity contribution in [3.8, 4) is 11.5 Å². The van der Waals surface area contributed by atoms with Crippen LogP contribution < -0.4 is 9.47 Å².